The average Bonchev–Trinajstić information content (AvgIpc) is 3.12. The number of fused-ring (bicyclic) bond motifs is 5. The Balaban J connectivity index is 0.000000376. The van der Waals surface area contributed by atoms with Crippen molar-refractivity contribution in [2.24, 2.45) is 34.5 Å². The van der Waals surface area contributed by atoms with Crippen molar-refractivity contribution in [3.63, 3.8) is 0 Å². The highest BCUT2D eigenvalue weighted by Crippen LogP contribution is 2.66. The van der Waals surface area contributed by atoms with E-state index in [-0.39, 0.29) is 16.7 Å². The van der Waals surface area contributed by atoms with Gasteiger partial charge in [-0.15, -0.1) is 0 Å². The molecule has 1 aromatic heterocycles. The number of carbonyl (C=O) groups is 1. The summed E-state index contributed by atoms with van der Waals surface area (Å²) in [7, 11) is -4.40. The fourth-order valence-electron chi connectivity index (χ4n) is 7.86. The Labute approximate surface area is 198 Å². The molecule has 1 aromatic rings. The molecule has 0 aliphatic heterocycles. The zero-order chi connectivity index (χ0) is 23.9. The number of aromatic nitrogens is 1. The van der Waals surface area contributed by atoms with E-state index in [0.717, 1.165) is 38.5 Å². The van der Waals surface area contributed by atoms with Crippen LogP contribution < -0.4 is 0 Å². The van der Waals surface area contributed by atoms with Crippen LogP contribution in [0.4, 0.5) is 0 Å². The normalized spacial score (nSPS) is 39.8. The lowest BCUT2D eigenvalue weighted by atomic mass is 9.47. The zero-order valence-corrected chi connectivity index (χ0v) is 20.8. The monoisotopic (exact) mass is 475 g/mol. The van der Waals surface area contributed by atoms with Gasteiger partial charge in [0.15, 0.2) is 0 Å². The van der Waals surface area contributed by atoms with Crippen LogP contribution in [0.25, 0.3) is 0 Å². The van der Waals surface area contributed by atoms with Gasteiger partial charge in [0, 0.05) is 18.3 Å². The van der Waals surface area contributed by atoms with Crippen LogP contribution in [0.5, 0.6) is 0 Å². The highest BCUT2D eigenvalue weighted by Gasteiger charge is 2.59. The number of rotatable bonds is 3. The van der Waals surface area contributed by atoms with E-state index in [1.165, 1.54) is 5.57 Å². The number of ketones is 1. The van der Waals surface area contributed by atoms with Gasteiger partial charge in [0.1, 0.15) is 5.78 Å². The zero-order valence-electron chi connectivity index (χ0n) is 19.9. The summed E-state index contributed by atoms with van der Waals surface area (Å²) < 4.78 is 36.1. The maximum Gasteiger partial charge on any atom is 0.397 e. The molecule has 7 heteroatoms. The molecule has 1 heterocycles. The number of hydrogen-bond acceptors (Lipinski definition) is 5. The Kier molecular flexibility index (Phi) is 6.87. The van der Waals surface area contributed by atoms with E-state index in [2.05, 4.69) is 24.9 Å². The highest BCUT2D eigenvalue weighted by atomic mass is 32.3. The van der Waals surface area contributed by atoms with Crippen LogP contribution >= 0.6 is 0 Å². The topological polar surface area (TPSA) is 93.6 Å². The first-order valence-corrected chi connectivity index (χ1v) is 13.6. The van der Waals surface area contributed by atoms with Crippen molar-refractivity contribution in [3.8, 4) is 0 Å². The highest BCUT2D eigenvalue weighted by molar-refractivity contribution is 7.80. The van der Waals surface area contributed by atoms with Crippen molar-refractivity contribution in [3.05, 3.63) is 42.2 Å². The van der Waals surface area contributed by atoms with Crippen molar-refractivity contribution >= 4 is 16.2 Å². The van der Waals surface area contributed by atoms with Gasteiger partial charge in [0.25, 0.3) is 0 Å². The van der Waals surface area contributed by atoms with Crippen LogP contribution in [0, 0.1) is 34.5 Å². The molecule has 33 heavy (non-hydrogen) atoms. The summed E-state index contributed by atoms with van der Waals surface area (Å²) in [6.45, 7) is 6.46. The van der Waals surface area contributed by atoms with Gasteiger partial charge in [0.2, 0.25) is 0 Å². The first-order chi connectivity index (χ1) is 15.5. The fourth-order valence-corrected chi connectivity index (χ4v) is 8.37. The first kappa shape index (κ1) is 24.6. The maximum atomic E-state index is 12.2. The van der Waals surface area contributed by atoms with Crippen molar-refractivity contribution in [1.29, 1.82) is 0 Å². The summed E-state index contributed by atoms with van der Waals surface area (Å²) in [5.74, 6) is 2.43. The summed E-state index contributed by atoms with van der Waals surface area (Å²) in [6, 6.07) is 5.72. The van der Waals surface area contributed by atoms with Crippen molar-refractivity contribution in [1.82, 2.24) is 4.98 Å². The second-order valence-electron chi connectivity index (χ2n) is 11.0. The molecule has 0 amide bonds. The minimum absolute atomic E-state index is 0.0949. The van der Waals surface area contributed by atoms with Crippen molar-refractivity contribution in [2.45, 2.75) is 78.2 Å². The summed E-state index contributed by atoms with van der Waals surface area (Å²) in [6.07, 6.45) is 13.0. The molecule has 5 rings (SSSR count). The first-order valence-electron chi connectivity index (χ1n) is 12.3. The molecule has 4 aliphatic carbocycles. The molecule has 7 atom stereocenters. The molecular weight excluding hydrogens is 438 g/mol. The molecule has 0 aromatic carbocycles. The van der Waals surface area contributed by atoms with E-state index in [9.17, 15) is 13.2 Å². The number of Topliss-reactive ketones (excluding diaryl/α,β-unsaturated/α-hetero) is 1. The molecule has 3 fully saturated rings. The van der Waals surface area contributed by atoms with Gasteiger partial charge >= 0.3 is 10.4 Å². The van der Waals surface area contributed by atoms with Crippen LogP contribution in [-0.4, -0.2) is 29.8 Å². The molecule has 0 unspecified atom stereocenters. The van der Waals surface area contributed by atoms with Gasteiger partial charge in [0.05, 0.1) is 6.10 Å². The molecule has 0 spiro atoms. The average molecular weight is 476 g/mol. The van der Waals surface area contributed by atoms with E-state index in [1.54, 1.807) is 19.3 Å². The number of hydrogen-bond donors (Lipinski definition) is 1. The van der Waals surface area contributed by atoms with Crippen LogP contribution in [-0.2, 0) is 19.4 Å². The lowest BCUT2D eigenvalue weighted by molar-refractivity contribution is -0.127. The number of pyridine rings is 1. The second-order valence-corrected chi connectivity index (χ2v) is 12.0. The SMILES string of the molecule is CC(=O)[C@H]1CC[C@H]2[C@@H]3CC=C4C[C@@H](OS(=O)(=O)O)CC[C@]4(C)[C@H]3CC[C@]12C.c1ccncc1. The summed E-state index contributed by atoms with van der Waals surface area (Å²) in [4.78, 5) is 16.0. The predicted octanol–water partition coefficient (Wildman–Crippen LogP) is 5.42. The Hall–Kier alpha value is -1.57. The maximum absolute atomic E-state index is 12.2. The molecule has 0 bridgehead atoms. The summed E-state index contributed by atoms with van der Waals surface area (Å²) in [5, 5.41) is 0. The van der Waals surface area contributed by atoms with E-state index >= 15 is 0 Å². The Bertz CT molecular complexity index is 966. The smallest absolute Gasteiger partial charge is 0.300 e. The van der Waals surface area contributed by atoms with E-state index < -0.39 is 16.5 Å². The van der Waals surface area contributed by atoms with Gasteiger partial charge in [-0.05, 0) is 99.0 Å². The lowest BCUT2D eigenvalue weighted by Crippen LogP contribution is -2.51. The van der Waals surface area contributed by atoms with Gasteiger partial charge in [-0.25, -0.2) is 4.18 Å². The molecule has 6 nitrogen and oxygen atoms in total. The third kappa shape index (κ3) is 4.82. The lowest BCUT2D eigenvalue weighted by Gasteiger charge is -2.58. The second kappa shape index (κ2) is 9.23. The molecule has 0 radical (unpaired) electrons. The van der Waals surface area contributed by atoms with Crippen LogP contribution in [0.3, 0.4) is 0 Å². The third-order valence-electron chi connectivity index (χ3n) is 9.37. The van der Waals surface area contributed by atoms with E-state index in [4.69, 9.17) is 8.74 Å². The molecule has 0 saturated heterocycles. The number of nitrogens with zero attached hydrogens (tertiary/aromatic N) is 1. The number of carbonyl (C=O) groups excluding carboxylic acids is 1. The van der Waals surface area contributed by atoms with Gasteiger partial charge in [-0.1, -0.05) is 31.6 Å². The minimum Gasteiger partial charge on any atom is -0.300 e. The van der Waals surface area contributed by atoms with E-state index in [0.29, 0.717) is 36.4 Å². The molecule has 1 N–H and O–H groups in total. The largest absolute Gasteiger partial charge is 0.397 e. The van der Waals surface area contributed by atoms with Crippen LogP contribution in [0.15, 0.2) is 42.2 Å². The van der Waals surface area contributed by atoms with Crippen molar-refractivity contribution < 1.29 is 21.9 Å². The standard InChI is InChI=1S/C21H32O5S.C5H5N/c1-13(22)17-6-7-18-16-5-4-14-12-15(26-27(23,24)25)8-10-20(14,2)19(16)9-11-21(17,18)3;1-2-4-6-5-3-1/h4,15-19H,5-12H2,1-3H3,(H,23,24,25);1-5H/t15-,16-,17+,18-,19-,20-,21+;/m0./s1. The fraction of sp³-hybridized carbons (Fsp3) is 0.692. The van der Waals surface area contributed by atoms with Crippen molar-refractivity contribution in [2.75, 3.05) is 0 Å². The van der Waals surface area contributed by atoms with Gasteiger partial charge in [-0.2, -0.15) is 8.42 Å². The summed E-state index contributed by atoms with van der Waals surface area (Å²) >= 11 is 0. The molecular formula is C26H37NO5S. The van der Waals surface area contributed by atoms with E-state index in [1.807, 2.05) is 18.2 Å². The Morgan fingerprint density at radius 3 is 2.36 bits per heavy atom. The summed E-state index contributed by atoms with van der Waals surface area (Å²) in [5.41, 5.74) is 1.56. The van der Waals surface area contributed by atoms with Gasteiger partial charge in [-0.3, -0.25) is 14.3 Å². The number of allylic oxidation sites excluding steroid dienone is 1. The minimum atomic E-state index is -4.40. The van der Waals surface area contributed by atoms with Crippen LogP contribution in [0.2, 0.25) is 0 Å². The molecule has 3 saturated carbocycles. The third-order valence-corrected chi connectivity index (χ3v) is 9.89. The Morgan fingerprint density at radius 2 is 1.79 bits per heavy atom. The van der Waals surface area contributed by atoms with Gasteiger partial charge < -0.3 is 0 Å². The van der Waals surface area contributed by atoms with Crippen LogP contribution in [0.1, 0.15) is 72.1 Å². The Morgan fingerprint density at radius 1 is 1.06 bits per heavy atom. The quantitative estimate of drug-likeness (QED) is 0.463. The molecule has 182 valence electrons. The molecule has 4 aliphatic rings. The predicted molar refractivity (Wildman–Crippen MR) is 127 cm³/mol.